The summed E-state index contributed by atoms with van der Waals surface area (Å²) in [5.74, 6) is 1.99. The highest BCUT2D eigenvalue weighted by molar-refractivity contribution is 5.85. The number of rotatable bonds is 5. The third kappa shape index (κ3) is 4.19. The molecule has 2 aliphatic rings. The van der Waals surface area contributed by atoms with Crippen LogP contribution in [0.4, 0.5) is 5.95 Å². The molecule has 2 aromatic rings. The van der Waals surface area contributed by atoms with E-state index in [4.69, 9.17) is 10.5 Å². The molecule has 0 bridgehead atoms. The van der Waals surface area contributed by atoms with Gasteiger partial charge in [-0.3, -0.25) is 0 Å². The van der Waals surface area contributed by atoms with Crippen LogP contribution < -0.4 is 15.8 Å². The van der Waals surface area contributed by atoms with E-state index >= 15 is 0 Å². The number of aromatic hydroxyl groups is 1. The number of nitrogen functional groups attached to an aromatic ring is 1. The first-order valence-electron chi connectivity index (χ1n) is 9.01. The van der Waals surface area contributed by atoms with Gasteiger partial charge in [0.25, 0.3) is 0 Å². The van der Waals surface area contributed by atoms with Crippen molar-refractivity contribution < 1.29 is 9.84 Å². The topological polar surface area (TPSA) is 93.3 Å². The number of nitrogens with two attached hydrogens (primary N) is 1. The van der Waals surface area contributed by atoms with E-state index < -0.39 is 0 Å². The Labute approximate surface area is 159 Å². The van der Waals surface area contributed by atoms with Gasteiger partial charge in [0, 0.05) is 12.5 Å². The molecular formula is C19H25ClN4O2. The zero-order valence-electron chi connectivity index (χ0n) is 14.6. The van der Waals surface area contributed by atoms with Crippen molar-refractivity contribution in [2.75, 3.05) is 25.4 Å². The second kappa shape index (κ2) is 8.10. The van der Waals surface area contributed by atoms with Crippen molar-refractivity contribution in [3.63, 3.8) is 0 Å². The fraction of sp³-hybridized carbons (Fsp3) is 0.474. The van der Waals surface area contributed by atoms with Gasteiger partial charge in [-0.1, -0.05) is 6.07 Å². The second-order valence-electron chi connectivity index (χ2n) is 6.98. The summed E-state index contributed by atoms with van der Waals surface area (Å²) in [5.41, 5.74) is 8.11. The maximum absolute atomic E-state index is 10.4. The lowest BCUT2D eigenvalue weighted by Gasteiger charge is -2.23. The number of piperidine rings is 1. The van der Waals surface area contributed by atoms with Crippen molar-refractivity contribution in [1.82, 2.24) is 15.3 Å². The van der Waals surface area contributed by atoms with E-state index in [1.807, 2.05) is 12.1 Å². The average Bonchev–Trinajstić information content (AvgIpc) is 3.44. The van der Waals surface area contributed by atoms with Crippen LogP contribution in [0, 0.1) is 5.92 Å². The fourth-order valence-electron chi connectivity index (χ4n) is 3.32. The van der Waals surface area contributed by atoms with Gasteiger partial charge in [0.2, 0.25) is 5.95 Å². The van der Waals surface area contributed by atoms with Gasteiger partial charge >= 0.3 is 0 Å². The van der Waals surface area contributed by atoms with Gasteiger partial charge in [-0.25, -0.2) is 9.97 Å². The lowest BCUT2D eigenvalue weighted by Crippen LogP contribution is -2.29. The van der Waals surface area contributed by atoms with Crippen molar-refractivity contribution in [3.05, 3.63) is 30.0 Å². The largest absolute Gasteiger partial charge is 0.507 e. The van der Waals surface area contributed by atoms with Crippen molar-refractivity contribution >= 4 is 18.4 Å². The highest BCUT2D eigenvalue weighted by Crippen LogP contribution is 2.39. The van der Waals surface area contributed by atoms with Crippen LogP contribution in [0.15, 0.2) is 24.3 Å². The maximum atomic E-state index is 10.4. The first-order valence-corrected chi connectivity index (χ1v) is 9.01. The van der Waals surface area contributed by atoms with E-state index in [-0.39, 0.29) is 24.1 Å². The number of hydrogen-bond acceptors (Lipinski definition) is 6. The molecule has 1 aliphatic heterocycles. The van der Waals surface area contributed by atoms with Crippen molar-refractivity contribution in [2.24, 2.45) is 5.92 Å². The molecule has 0 amide bonds. The summed E-state index contributed by atoms with van der Waals surface area (Å²) in [7, 11) is 0. The maximum Gasteiger partial charge on any atom is 0.220 e. The number of nitrogens with zero attached hydrogens (tertiary/aromatic N) is 2. The number of phenols is 1. The molecule has 26 heavy (non-hydrogen) atoms. The van der Waals surface area contributed by atoms with E-state index in [2.05, 4.69) is 15.3 Å². The number of phenolic OH excluding ortho intramolecular Hbond substituents is 1. The first-order chi connectivity index (χ1) is 12.2. The molecule has 0 radical (unpaired) electrons. The molecule has 1 saturated carbocycles. The molecule has 1 aromatic carbocycles. The molecular weight excluding hydrogens is 352 g/mol. The molecule has 1 aliphatic carbocycles. The number of hydrogen-bond donors (Lipinski definition) is 3. The Morgan fingerprint density at radius 3 is 2.81 bits per heavy atom. The predicted octanol–water partition coefficient (Wildman–Crippen LogP) is 3.11. The minimum Gasteiger partial charge on any atom is -0.507 e. The predicted molar refractivity (Wildman–Crippen MR) is 104 cm³/mol. The molecule has 6 nitrogen and oxygen atoms in total. The van der Waals surface area contributed by atoms with Crippen LogP contribution in [0.5, 0.6) is 11.5 Å². The summed E-state index contributed by atoms with van der Waals surface area (Å²) in [6.45, 7) is 2.61. The highest BCUT2D eigenvalue weighted by Gasteiger charge is 2.24. The van der Waals surface area contributed by atoms with E-state index in [9.17, 15) is 5.11 Å². The van der Waals surface area contributed by atoms with E-state index in [0.717, 1.165) is 31.6 Å². The van der Waals surface area contributed by atoms with E-state index in [1.165, 1.54) is 12.8 Å². The first kappa shape index (κ1) is 18.7. The number of aromatic nitrogens is 2. The minimum absolute atomic E-state index is 0. The van der Waals surface area contributed by atoms with Gasteiger partial charge in [-0.15, -0.1) is 12.4 Å². The fourth-order valence-corrected chi connectivity index (χ4v) is 3.32. The lowest BCUT2D eigenvalue weighted by atomic mass is 9.95. The van der Waals surface area contributed by atoms with Crippen LogP contribution >= 0.6 is 12.4 Å². The lowest BCUT2D eigenvalue weighted by molar-refractivity contribution is 0.299. The van der Waals surface area contributed by atoms with E-state index in [1.54, 1.807) is 12.1 Å². The Morgan fingerprint density at radius 1 is 1.23 bits per heavy atom. The third-order valence-corrected chi connectivity index (χ3v) is 4.91. The summed E-state index contributed by atoms with van der Waals surface area (Å²) in [5, 5.41) is 13.8. The second-order valence-corrected chi connectivity index (χ2v) is 6.98. The van der Waals surface area contributed by atoms with Gasteiger partial charge in [0.15, 0.2) is 0 Å². The SMILES string of the molecule is Cl.Nc1nc(-c2c(O)cccc2OCC2CC2)cc(C2CCCNC2)n1. The monoisotopic (exact) mass is 376 g/mol. The van der Waals surface area contributed by atoms with Crippen LogP contribution in [0.3, 0.4) is 0 Å². The molecule has 4 N–H and O–H groups in total. The summed E-state index contributed by atoms with van der Waals surface area (Å²) in [4.78, 5) is 8.80. The quantitative estimate of drug-likeness (QED) is 0.742. The summed E-state index contributed by atoms with van der Waals surface area (Å²) >= 11 is 0. The average molecular weight is 377 g/mol. The standard InChI is InChI=1S/C19H24N4O2.ClH/c20-19-22-14(13-3-2-8-21-10-13)9-15(23-19)18-16(24)4-1-5-17(18)25-11-12-6-7-12;/h1,4-5,9,12-13,21,24H,2-3,6-8,10-11H2,(H2,20,22,23);1H. The van der Waals surface area contributed by atoms with Gasteiger partial charge in [0.05, 0.1) is 23.6 Å². The smallest absolute Gasteiger partial charge is 0.220 e. The number of benzene rings is 1. The number of ether oxygens (including phenoxy) is 1. The van der Waals surface area contributed by atoms with E-state index in [0.29, 0.717) is 35.4 Å². The molecule has 1 atom stereocenters. The molecule has 140 valence electrons. The third-order valence-electron chi connectivity index (χ3n) is 4.91. The summed E-state index contributed by atoms with van der Waals surface area (Å²) in [6, 6.07) is 7.25. The molecule has 1 aromatic heterocycles. The van der Waals surface area contributed by atoms with Crippen molar-refractivity contribution in [1.29, 1.82) is 0 Å². The Kier molecular flexibility index (Phi) is 5.84. The highest BCUT2D eigenvalue weighted by atomic mass is 35.5. The van der Waals surface area contributed by atoms with Gasteiger partial charge < -0.3 is 20.9 Å². The Morgan fingerprint density at radius 2 is 2.08 bits per heavy atom. The van der Waals surface area contributed by atoms with Gasteiger partial charge in [-0.2, -0.15) is 0 Å². The zero-order valence-corrected chi connectivity index (χ0v) is 15.5. The Bertz CT molecular complexity index is 761. The van der Waals surface area contributed by atoms with Crippen LogP contribution in [0.25, 0.3) is 11.3 Å². The van der Waals surface area contributed by atoms with Crippen LogP contribution in [0.2, 0.25) is 0 Å². The molecule has 7 heteroatoms. The van der Waals surface area contributed by atoms with Crippen LogP contribution in [0.1, 0.15) is 37.3 Å². The molecule has 2 heterocycles. The molecule has 0 spiro atoms. The van der Waals surface area contributed by atoms with Gasteiger partial charge in [-0.05, 0) is 56.3 Å². The Balaban J connectivity index is 0.00000196. The van der Waals surface area contributed by atoms with Crippen molar-refractivity contribution in [2.45, 2.75) is 31.6 Å². The zero-order chi connectivity index (χ0) is 17.2. The minimum atomic E-state index is 0. The Hall–Kier alpha value is -2.05. The normalized spacial score (nSPS) is 19.6. The number of anilines is 1. The number of nitrogens with one attached hydrogen (secondary N) is 1. The van der Waals surface area contributed by atoms with Crippen molar-refractivity contribution in [3.8, 4) is 22.8 Å². The summed E-state index contributed by atoms with van der Waals surface area (Å²) < 4.78 is 5.95. The van der Waals surface area contributed by atoms with Gasteiger partial charge in [0.1, 0.15) is 11.5 Å². The van der Waals surface area contributed by atoms with Crippen LogP contribution in [-0.2, 0) is 0 Å². The molecule has 1 unspecified atom stereocenters. The molecule has 2 fully saturated rings. The molecule has 1 saturated heterocycles. The van der Waals surface area contributed by atoms with Crippen LogP contribution in [-0.4, -0.2) is 34.8 Å². The summed E-state index contributed by atoms with van der Waals surface area (Å²) in [6.07, 6.45) is 4.63. The number of halogens is 1. The molecule has 4 rings (SSSR count).